The largest absolute Gasteiger partial charge is 0.356 e. The molecule has 14 heavy (non-hydrogen) atoms. The Morgan fingerprint density at radius 3 is 3.07 bits per heavy atom. The van der Waals surface area contributed by atoms with Crippen molar-refractivity contribution >= 4 is 5.91 Å². The molecule has 0 aromatic heterocycles. The maximum atomic E-state index is 11.4. The van der Waals surface area contributed by atoms with Crippen LogP contribution in [0.1, 0.15) is 39.0 Å². The SMILES string of the molecule is CCCCNC(=O)CC1CCCNC1. The molecule has 0 aromatic carbocycles. The van der Waals surface area contributed by atoms with Crippen molar-refractivity contribution in [3.8, 4) is 0 Å². The highest BCUT2D eigenvalue weighted by Gasteiger charge is 2.15. The molecule has 0 aromatic rings. The van der Waals surface area contributed by atoms with Crippen molar-refractivity contribution in [3.63, 3.8) is 0 Å². The Morgan fingerprint density at radius 1 is 1.57 bits per heavy atom. The molecule has 1 rings (SSSR count). The normalized spacial score (nSPS) is 21.9. The summed E-state index contributed by atoms with van der Waals surface area (Å²) in [6, 6.07) is 0. The van der Waals surface area contributed by atoms with Gasteiger partial charge in [-0.1, -0.05) is 13.3 Å². The lowest BCUT2D eigenvalue weighted by atomic mass is 9.96. The number of piperidine rings is 1. The summed E-state index contributed by atoms with van der Waals surface area (Å²) < 4.78 is 0. The first kappa shape index (κ1) is 11.5. The van der Waals surface area contributed by atoms with Crippen LogP contribution in [0.5, 0.6) is 0 Å². The number of nitrogens with one attached hydrogen (secondary N) is 2. The molecule has 0 bridgehead atoms. The molecule has 1 amide bonds. The van der Waals surface area contributed by atoms with E-state index in [-0.39, 0.29) is 5.91 Å². The molecule has 0 aliphatic carbocycles. The molecule has 1 atom stereocenters. The molecular weight excluding hydrogens is 176 g/mol. The molecule has 3 nitrogen and oxygen atoms in total. The third-order valence-electron chi connectivity index (χ3n) is 2.73. The van der Waals surface area contributed by atoms with Crippen molar-refractivity contribution in [2.45, 2.75) is 39.0 Å². The molecule has 1 unspecified atom stereocenters. The molecule has 1 aliphatic heterocycles. The Kier molecular flexibility index (Phi) is 5.60. The van der Waals surface area contributed by atoms with Gasteiger partial charge >= 0.3 is 0 Å². The van der Waals surface area contributed by atoms with Gasteiger partial charge in [-0.15, -0.1) is 0 Å². The average molecular weight is 198 g/mol. The highest BCUT2D eigenvalue weighted by molar-refractivity contribution is 5.76. The molecule has 1 heterocycles. The zero-order chi connectivity index (χ0) is 10.2. The first-order valence-corrected chi connectivity index (χ1v) is 5.80. The maximum Gasteiger partial charge on any atom is 0.220 e. The molecule has 1 saturated heterocycles. The van der Waals surface area contributed by atoms with Gasteiger partial charge in [0.25, 0.3) is 0 Å². The summed E-state index contributed by atoms with van der Waals surface area (Å²) in [4.78, 5) is 11.4. The van der Waals surface area contributed by atoms with E-state index in [0.717, 1.165) is 32.5 Å². The Morgan fingerprint density at radius 2 is 2.43 bits per heavy atom. The number of rotatable bonds is 5. The first-order chi connectivity index (χ1) is 6.83. The molecule has 0 saturated carbocycles. The summed E-state index contributed by atoms with van der Waals surface area (Å²) in [6.07, 6.45) is 5.36. The van der Waals surface area contributed by atoms with E-state index < -0.39 is 0 Å². The van der Waals surface area contributed by atoms with Crippen LogP contribution in [0, 0.1) is 5.92 Å². The summed E-state index contributed by atoms with van der Waals surface area (Å²) in [7, 11) is 0. The Bertz CT molecular complexity index is 165. The number of hydrogen-bond donors (Lipinski definition) is 2. The minimum Gasteiger partial charge on any atom is -0.356 e. The minimum absolute atomic E-state index is 0.229. The van der Waals surface area contributed by atoms with E-state index in [1.807, 2.05) is 0 Å². The van der Waals surface area contributed by atoms with Crippen LogP contribution in [0.25, 0.3) is 0 Å². The summed E-state index contributed by atoms with van der Waals surface area (Å²) in [6.45, 7) is 5.11. The van der Waals surface area contributed by atoms with E-state index in [2.05, 4.69) is 17.6 Å². The molecule has 1 fully saturated rings. The van der Waals surface area contributed by atoms with Gasteiger partial charge in [-0.2, -0.15) is 0 Å². The highest BCUT2D eigenvalue weighted by Crippen LogP contribution is 2.13. The quantitative estimate of drug-likeness (QED) is 0.654. The average Bonchev–Trinajstić information content (AvgIpc) is 2.20. The van der Waals surface area contributed by atoms with E-state index in [0.29, 0.717) is 12.3 Å². The predicted octanol–water partition coefficient (Wildman–Crippen LogP) is 1.29. The van der Waals surface area contributed by atoms with Crippen molar-refractivity contribution in [1.29, 1.82) is 0 Å². The van der Waals surface area contributed by atoms with Crippen LogP contribution in [0.4, 0.5) is 0 Å². The number of carbonyl (C=O) groups is 1. The van der Waals surface area contributed by atoms with Crippen LogP contribution in [-0.4, -0.2) is 25.5 Å². The van der Waals surface area contributed by atoms with Crippen molar-refractivity contribution in [3.05, 3.63) is 0 Å². The third kappa shape index (κ3) is 4.61. The molecule has 0 radical (unpaired) electrons. The van der Waals surface area contributed by atoms with E-state index >= 15 is 0 Å². The first-order valence-electron chi connectivity index (χ1n) is 5.80. The monoisotopic (exact) mass is 198 g/mol. The van der Waals surface area contributed by atoms with Gasteiger partial charge in [0.15, 0.2) is 0 Å². The Balaban J connectivity index is 2.06. The van der Waals surface area contributed by atoms with Gasteiger partial charge in [0, 0.05) is 13.0 Å². The topological polar surface area (TPSA) is 41.1 Å². The molecule has 0 spiro atoms. The van der Waals surface area contributed by atoms with Crippen molar-refractivity contribution < 1.29 is 4.79 Å². The fourth-order valence-electron chi connectivity index (χ4n) is 1.84. The standard InChI is InChI=1S/C11H22N2O/c1-2-3-7-13-11(14)8-10-5-4-6-12-9-10/h10,12H,2-9H2,1H3,(H,13,14). The van der Waals surface area contributed by atoms with Gasteiger partial charge in [0.2, 0.25) is 5.91 Å². The summed E-state index contributed by atoms with van der Waals surface area (Å²) >= 11 is 0. The zero-order valence-electron chi connectivity index (χ0n) is 9.14. The van der Waals surface area contributed by atoms with Crippen molar-refractivity contribution in [2.24, 2.45) is 5.92 Å². The summed E-state index contributed by atoms with van der Waals surface area (Å²) in [5.74, 6) is 0.789. The van der Waals surface area contributed by atoms with Crippen LogP contribution in [-0.2, 0) is 4.79 Å². The lowest BCUT2D eigenvalue weighted by molar-refractivity contribution is -0.122. The highest BCUT2D eigenvalue weighted by atomic mass is 16.1. The predicted molar refractivity (Wildman–Crippen MR) is 58.1 cm³/mol. The van der Waals surface area contributed by atoms with Crippen LogP contribution in [0.15, 0.2) is 0 Å². The lowest BCUT2D eigenvalue weighted by Crippen LogP contribution is -2.34. The number of hydrogen-bond acceptors (Lipinski definition) is 2. The maximum absolute atomic E-state index is 11.4. The fourth-order valence-corrected chi connectivity index (χ4v) is 1.84. The fraction of sp³-hybridized carbons (Fsp3) is 0.909. The number of amides is 1. The Hall–Kier alpha value is -0.570. The van der Waals surface area contributed by atoms with Crippen LogP contribution in [0.3, 0.4) is 0 Å². The second-order valence-electron chi connectivity index (χ2n) is 4.12. The summed E-state index contributed by atoms with van der Waals surface area (Å²) in [5, 5.41) is 6.29. The van der Waals surface area contributed by atoms with Crippen LogP contribution >= 0.6 is 0 Å². The number of unbranched alkanes of at least 4 members (excludes halogenated alkanes) is 1. The summed E-state index contributed by atoms with van der Waals surface area (Å²) in [5.41, 5.74) is 0. The zero-order valence-corrected chi connectivity index (χ0v) is 9.14. The van der Waals surface area contributed by atoms with E-state index in [4.69, 9.17) is 0 Å². The molecule has 3 heteroatoms. The van der Waals surface area contributed by atoms with E-state index in [1.165, 1.54) is 12.8 Å². The van der Waals surface area contributed by atoms with Crippen LogP contribution < -0.4 is 10.6 Å². The van der Waals surface area contributed by atoms with Crippen LogP contribution in [0.2, 0.25) is 0 Å². The third-order valence-corrected chi connectivity index (χ3v) is 2.73. The van der Waals surface area contributed by atoms with Gasteiger partial charge < -0.3 is 10.6 Å². The van der Waals surface area contributed by atoms with Gasteiger partial charge in [-0.25, -0.2) is 0 Å². The van der Waals surface area contributed by atoms with Gasteiger partial charge in [-0.3, -0.25) is 4.79 Å². The van der Waals surface area contributed by atoms with Gasteiger partial charge in [-0.05, 0) is 38.3 Å². The molecular formula is C11H22N2O. The Labute approximate surface area is 86.6 Å². The minimum atomic E-state index is 0.229. The smallest absolute Gasteiger partial charge is 0.220 e. The molecule has 1 aliphatic rings. The van der Waals surface area contributed by atoms with Crippen molar-refractivity contribution in [1.82, 2.24) is 10.6 Å². The molecule has 2 N–H and O–H groups in total. The second kappa shape index (κ2) is 6.82. The van der Waals surface area contributed by atoms with E-state index in [1.54, 1.807) is 0 Å². The molecule has 82 valence electrons. The number of carbonyl (C=O) groups excluding carboxylic acids is 1. The lowest BCUT2D eigenvalue weighted by Gasteiger charge is -2.22. The van der Waals surface area contributed by atoms with Gasteiger partial charge in [0.1, 0.15) is 0 Å². The van der Waals surface area contributed by atoms with Crippen molar-refractivity contribution in [2.75, 3.05) is 19.6 Å². The van der Waals surface area contributed by atoms with Gasteiger partial charge in [0.05, 0.1) is 0 Å². The van der Waals surface area contributed by atoms with E-state index in [9.17, 15) is 4.79 Å². The second-order valence-corrected chi connectivity index (χ2v) is 4.12.